The van der Waals surface area contributed by atoms with Crippen molar-refractivity contribution in [2.75, 3.05) is 20.3 Å². The Morgan fingerprint density at radius 1 is 1.26 bits per heavy atom. The Hall–Kier alpha value is -0.860. The third-order valence-corrected chi connectivity index (χ3v) is 4.33. The van der Waals surface area contributed by atoms with E-state index in [4.69, 9.17) is 4.74 Å². The molecule has 0 radical (unpaired) electrons. The van der Waals surface area contributed by atoms with Gasteiger partial charge in [0.15, 0.2) is 0 Å². The van der Waals surface area contributed by atoms with Gasteiger partial charge >= 0.3 is 0 Å². The molecule has 1 N–H and O–H groups in total. The van der Waals surface area contributed by atoms with Crippen LogP contribution in [0.3, 0.4) is 0 Å². The summed E-state index contributed by atoms with van der Waals surface area (Å²) in [6.07, 6.45) is 4.70. The quantitative estimate of drug-likeness (QED) is 0.876. The Kier molecular flexibility index (Phi) is 5.41. The first-order valence-corrected chi connectivity index (χ1v) is 7.66. The van der Waals surface area contributed by atoms with Crippen LogP contribution in [0.25, 0.3) is 0 Å². The van der Waals surface area contributed by atoms with Crippen LogP contribution >= 0.6 is 0 Å². The highest BCUT2D eigenvalue weighted by Crippen LogP contribution is 2.30. The van der Waals surface area contributed by atoms with Crippen LogP contribution in [-0.2, 0) is 17.6 Å². The number of nitrogens with one attached hydrogen (secondary N) is 1. The van der Waals surface area contributed by atoms with Crippen LogP contribution < -0.4 is 5.32 Å². The highest BCUT2D eigenvalue weighted by atomic mass is 16.5. The van der Waals surface area contributed by atoms with Crippen molar-refractivity contribution in [2.45, 2.75) is 45.6 Å². The van der Waals surface area contributed by atoms with Crippen molar-refractivity contribution in [1.29, 1.82) is 0 Å². The standard InChI is InChI=1S/C17H27NO/c1-4-13-8-9-15(11-14(13)5-2)17(18-3)16-7-6-10-19-12-16/h8-9,11,16-18H,4-7,10,12H2,1-3H3. The van der Waals surface area contributed by atoms with Gasteiger partial charge in [-0.3, -0.25) is 0 Å². The van der Waals surface area contributed by atoms with Crippen LogP contribution in [0.4, 0.5) is 0 Å². The van der Waals surface area contributed by atoms with E-state index >= 15 is 0 Å². The van der Waals surface area contributed by atoms with Gasteiger partial charge in [0.05, 0.1) is 6.61 Å². The third-order valence-electron chi connectivity index (χ3n) is 4.33. The zero-order valence-corrected chi connectivity index (χ0v) is 12.5. The average molecular weight is 261 g/mol. The van der Waals surface area contributed by atoms with Gasteiger partial charge in [-0.2, -0.15) is 0 Å². The minimum Gasteiger partial charge on any atom is -0.381 e. The van der Waals surface area contributed by atoms with Crippen molar-refractivity contribution in [3.63, 3.8) is 0 Å². The lowest BCUT2D eigenvalue weighted by atomic mass is 9.87. The minimum atomic E-state index is 0.427. The van der Waals surface area contributed by atoms with Crippen molar-refractivity contribution in [3.05, 3.63) is 34.9 Å². The molecule has 1 heterocycles. The zero-order valence-electron chi connectivity index (χ0n) is 12.5. The number of benzene rings is 1. The maximum atomic E-state index is 5.65. The van der Waals surface area contributed by atoms with Gasteiger partial charge in [-0.15, -0.1) is 0 Å². The molecular formula is C17H27NO. The molecule has 0 spiro atoms. The smallest absolute Gasteiger partial charge is 0.0512 e. The van der Waals surface area contributed by atoms with E-state index < -0.39 is 0 Å². The number of aryl methyl sites for hydroxylation is 2. The molecule has 1 fully saturated rings. The molecule has 0 bridgehead atoms. The highest BCUT2D eigenvalue weighted by molar-refractivity contribution is 5.34. The molecule has 106 valence electrons. The molecule has 0 saturated carbocycles. The Morgan fingerprint density at radius 2 is 2.05 bits per heavy atom. The molecule has 1 saturated heterocycles. The number of hydrogen-bond donors (Lipinski definition) is 1. The van der Waals surface area contributed by atoms with Gasteiger partial charge in [0.25, 0.3) is 0 Å². The Bertz CT molecular complexity index is 396. The van der Waals surface area contributed by atoms with Crippen molar-refractivity contribution >= 4 is 0 Å². The van der Waals surface area contributed by atoms with E-state index in [1.807, 2.05) is 0 Å². The first-order valence-electron chi connectivity index (χ1n) is 7.66. The molecule has 2 unspecified atom stereocenters. The summed E-state index contributed by atoms with van der Waals surface area (Å²) >= 11 is 0. The van der Waals surface area contributed by atoms with E-state index in [-0.39, 0.29) is 0 Å². The Morgan fingerprint density at radius 3 is 2.63 bits per heavy atom. The fraction of sp³-hybridized carbons (Fsp3) is 0.647. The van der Waals surface area contributed by atoms with Gasteiger partial charge in [0.1, 0.15) is 0 Å². The van der Waals surface area contributed by atoms with Crippen LogP contribution in [0.2, 0.25) is 0 Å². The van der Waals surface area contributed by atoms with Crippen LogP contribution in [0.15, 0.2) is 18.2 Å². The van der Waals surface area contributed by atoms with Gasteiger partial charge in [-0.25, -0.2) is 0 Å². The maximum Gasteiger partial charge on any atom is 0.0512 e. The van der Waals surface area contributed by atoms with Gasteiger partial charge < -0.3 is 10.1 Å². The second-order valence-corrected chi connectivity index (χ2v) is 5.48. The molecule has 1 aliphatic rings. The zero-order chi connectivity index (χ0) is 13.7. The summed E-state index contributed by atoms with van der Waals surface area (Å²) in [5.41, 5.74) is 4.41. The summed E-state index contributed by atoms with van der Waals surface area (Å²) in [4.78, 5) is 0. The third kappa shape index (κ3) is 3.37. The lowest BCUT2D eigenvalue weighted by molar-refractivity contribution is 0.0402. The highest BCUT2D eigenvalue weighted by Gasteiger charge is 2.24. The second kappa shape index (κ2) is 7.06. The van der Waals surface area contributed by atoms with Crippen LogP contribution in [0.5, 0.6) is 0 Å². The largest absolute Gasteiger partial charge is 0.381 e. The van der Waals surface area contributed by atoms with Gasteiger partial charge in [-0.05, 0) is 49.4 Å². The van der Waals surface area contributed by atoms with Gasteiger partial charge in [0.2, 0.25) is 0 Å². The Labute approximate surface area is 117 Å². The summed E-state index contributed by atoms with van der Waals surface area (Å²) in [5.74, 6) is 0.607. The molecular weight excluding hydrogens is 234 g/mol. The molecule has 1 aromatic rings. The summed E-state index contributed by atoms with van der Waals surface area (Å²) in [5, 5.41) is 3.50. The average Bonchev–Trinajstić information content (AvgIpc) is 2.49. The molecule has 2 atom stereocenters. The molecule has 1 aliphatic heterocycles. The van der Waals surface area contributed by atoms with E-state index in [2.05, 4.69) is 44.4 Å². The van der Waals surface area contributed by atoms with Gasteiger partial charge in [-0.1, -0.05) is 32.0 Å². The lowest BCUT2D eigenvalue weighted by Crippen LogP contribution is -2.31. The predicted octanol–water partition coefficient (Wildman–Crippen LogP) is 3.50. The molecule has 1 aromatic carbocycles. The number of rotatable bonds is 5. The van der Waals surface area contributed by atoms with E-state index in [0.717, 1.165) is 26.1 Å². The first-order chi connectivity index (χ1) is 9.30. The Balaban J connectivity index is 2.22. The predicted molar refractivity (Wildman–Crippen MR) is 80.5 cm³/mol. The first kappa shape index (κ1) is 14.5. The fourth-order valence-corrected chi connectivity index (χ4v) is 3.22. The van der Waals surface area contributed by atoms with Gasteiger partial charge in [0, 0.05) is 18.6 Å². The van der Waals surface area contributed by atoms with Crippen molar-refractivity contribution in [2.24, 2.45) is 5.92 Å². The molecule has 19 heavy (non-hydrogen) atoms. The van der Waals surface area contributed by atoms with Crippen molar-refractivity contribution < 1.29 is 4.74 Å². The summed E-state index contributed by atoms with van der Waals surface area (Å²) in [6, 6.07) is 7.43. The number of hydrogen-bond acceptors (Lipinski definition) is 2. The van der Waals surface area contributed by atoms with E-state index in [0.29, 0.717) is 12.0 Å². The topological polar surface area (TPSA) is 21.3 Å². The molecule has 0 amide bonds. The molecule has 2 rings (SSSR count). The monoisotopic (exact) mass is 261 g/mol. The normalized spacial score (nSPS) is 21.3. The van der Waals surface area contributed by atoms with E-state index in [1.165, 1.54) is 29.5 Å². The van der Waals surface area contributed by atoms with E-state index in [9.17, 15) is 0 Å². The van der Waals surface area contributed by atoms with Crippen LogP contribution in [-0.4, -0.2) is 20.3 Å². The summed E-state index contributed by atoms with van der Waals surface area (Å²) < 4.78 is 5.65. The second-order valence-electron chi connectivity index (χ2n) is 5.48. The number of ether oxygens (including phenoxy) is 1. The van der Waals surface area contributed by atoms with Crippen molar-refractivity contribution in [1.82, 2.24) is 5.32 Å². The van der Waals surface area contributed by atoms with Crippen molar-refractivity contribution in [3.8, 4) is 0 Å². The maximum absolute atomic E-state index is 5.65. The molecule has 2 nitrogen and oxygen atoms in total. The summed E-state index contributed by atoms with van der Waals surface area (Å²) in [7, 11) is 2.07. The summed E-state index contributed by atoms with van der Waals surface area (Å²) in [6.45, 7) is 6.31. The van der Waals surface area contributed by atoms with E-state index in [1.54, 1.807) is 0 Å². The van der Waals surface area contributed by atoms with Crippen LogP contribution in [0, 0.1) is 5.92 Å². The lowest BCUT2D eigenvalue weighted by Gasteiger charge is -2.30. The SMILES string of the molecule is CCc1ccc(C(NC)C2CCCOC2)cc1CC. The molecule has 0 aromatic heterocycles. The molecule has 2 heteroatoms. The fourth-order valence-electron chi connectivity index (χ4n) is 3.22. The van der Waals surface area contributed by atoms with Crippen LogP contribution in [0.1, 0.15) is 49.4 Å². The minimum absolute atomic E-state index is 0.427. The molecule has 0 aliphatic carbocycles.